The highest BCUT2D eigenvalue weighted by molar-refractivity contribution is 6.16. The molecule has 0 fully saturated rings. The summed E-state index contributed by atoms with van der Waals surface area (Å²) in [6.45, 7) is 1.44. The number of alkyl halides is 1. The van der Waals surface area contributed by atoms with Crippen LogP contribution in [0.1, 0.15) is 16.8 Å². The van der Waals surface area contributed by atoms with Crippen molar-refractivity contribution in [1.29, 1.82) is 0 Å². The summed E-state index contributed by atoms with van der Waals surface area (Å²) in [5.74, 6) is 2.23. The van der Waals surface area contributed by atoms with Gasteiger partial charge in [-0.05, 0) is 29.3 Å². The number of aromatic nitrogens is 1. The lowest BCUT2D eigenvalue weighted by Gasteiger charge is -2.07. The standard InChI is InChI=1S/C16H16ClNO2/c17-10-14-2-3-15(11-18-14)19-7-5-12-1-4-16-13(9-12)6-8-20-16/h1-4,9,11H,5-8,10H2. The van der Waals surface area contributed by atoms with Crippen LogP contribution in [0.25, 0.3) is 0 Å². The van der Waals surface area contributed by atoms with Crippen molar-refractivity contribution in [2.45, 2.75) is 18.7 Å². The molecule has 0 amide bonds. The predicted octanol–water partition coefficient (Wildman–Crippen LogP) is 3.38. The normalized spacial score (nSPS) is 12.8. The van der Waals surface area contributed by atoms with E-state index in [1.54, 1.807) is 6.20 Å². The van der Waals surface area contributed by atoms with Crippen molar-refractivity contribution >= 4 is 11.6 Å². The molecule has 1 aromatic carbocycles. The van der Waals surface area contributed by atoms with Crippen molar-refractivity contribution in [2.24, 2.45) is 0 Å². The van der Waals surface area contributed by atoms with Gasteiger partial charge in [-0.25, -0.2) is 0 Å². The smallest absolute Gasteiger partial charge is 0.137 e. The van der Waals surface area contributed by atoms with E-state index >= 15 is 0 Å². The molecular formula is C16H16ClNO2. The third-order valence-electron chi connectivity index (χ3n) is 3.35. The average molecular weight is 290 g/mol. The van der Waals surface area contributed by atoms with Crippen molar-refractivity contribution < 1.29 is 9.47 Å². The van der Waals surface area contributed by atoms with Crippen LogP contribution in [-0.4, -0.2) is 18.2 Å². The number of ether oxygens (including phenoxy) is 2. The molecule has 104 valence electrons. The molecule has 0 bridgehead atoms. The first-order valence-corrected chi connectivity index (χ1v) is 7.27. The number of hydrogen-bond donors (Lipinski definition) is 0. The van der Waals surface area contributed by atoms with Gasteiger partial charge >= 0.3 is 0 Å². The van der Waals surface area contributed by atoms with Gasteiger partial charge < -0.3 is 9.47 Å². The summed E-state index contributed by atoms with van der Waals surface area (Å²) in [5.41, 5.74) is 3.44. The average Bonchev–Trinajstić information content (AvgIpc) is 2.95. The fourth-order valence-corrected chi connectivity index (χ4v) is 2.42. The largest absolute Gasteiger partial charge is 0.493 e. The van der Waals surface area contributed by atoms with E-state index in [9.17, 15) is 0 Å². The summed E-state index contributed by atoms with van der Waals surface area (Å²) < 4.78 is 11.2. The van der Waals surface area contributed by atoms with E-state index in [4.69, 9.17) is 21.1 Å². The molecule has 20 heavy (non-hydrogen) atoms. The van der Waals surface area contributed by atoms with Gasteiger partial charge in [0.2, 0.25) is 0 Å². The molecule has 1 aliphatic rings. The SMILES string of the molecule is ClCc1ccc(OCCc2ccc3c(c2)CCO3)cn1. The molecule has 0 N–H and O–H groups in total. The summed E-state index contributed by atoms with van der Waals surface area (Å²) in [6, 6.07) is 10.1. The minimum atomic E-state index is 0.428. The van der Waals surface area contributed by atoms with Crippen LogP contribution in [0.5, 0.6) is 11.5 Å². The Hall–Kier alpha value is -1.74. The van der Waals surface area contributed by atoms with Crippen LogP contribution < -0.4 is 9.47 Å². The first-order valence-electron chi connectivity index (χ1n) is 6.73. The summed E-state index contributed by atoms with van der Waals surface area (Å²) in [7, 11) is 0. The molecule has 1 aromatic heterocycles. The maximum atomic E-state index is 5.70. The lowest BCUT2D eigenvalue weighted by Crippen LogP contribution is -2.02. The highest BCUT2D eigenvalue weighted by atomic mass is 35.5. The van der Waals surface area contributed by atoms with Gasteiger partial charge in [-0.2, -0.15) is 0 Å². The molecule has 0 aliphatic carbocycles. The summed E-state index contributed by atoms with van der Waals surface area (Å²) in [5, 5.41) is 0. The number of nitrogens with zero attached hydrogens (tertiary/aromatic N) is 1. The van der Waals surface area contributed by atoms with Gasteiger partial charge in [-0.1, -0.05) is 12.1 Å². The van der Waals surface area contributed by atoms with Gasteiger partial charge in [0.05, 0.1) is 31.0 Å². The molecule has 4 heteroatoms. The third-order valence-corrected chi connectivity index (χ3v) is 3.62. The molecule has 2 heterocycles. The molecule has 2 aromatic rings. The third kappa shape index (κ3) is 3.05. The Morgan fingerprint density at radius 1 is 1.25 bits per heavy atom. The Balaban J connectivity index is 1.54. The Morgan fingerprint density at radius 2 is 2.20 bits per heavy atom. The Labute approximate surface area is 123 Å². The Kier molecular flexibility index (Phi) is 4.07. The molecule has 0 saturated carbocycles. The van der Waals surface area contributed by atoms with E-state index in [1.165, 1.54) is 11.1 Å². The van der Waals surface area contributed by atoms with Crippen LogP contribution in [0.15, 0.2) is 36.5 Å². The van der Waals surface area contributed by atoms with E-state index in [0.717, 1.165) is 36.6 Å². The molecule has 0 atom stereocenters. The quantitative estimate of drug-likeness (QED) is 0.791. The Bertz CT molecular complexity index is 584. The van der Waals surface area contributed by atoms with Gasteiger partial charge in [0.15, 0.2) is 0 Å². The van der Waals surface area contributed by atoms with E-state index < -0.39 is 0 Å². The van der Waals surface area contributed by atoms with Crippen LogP contribution in [0, 0.1) is 0 Å². The fraction of sp³-hybridized carbons (Fsp3) is 0.312. The maximum Gasteiger partial charge on any atom is 0.137 e. The zero-order chi connectivity index (χ0) is 13.8. The number of hydrogen-bond acceptors (Lipinski definition) is 3. The zero-order valence-corrected chi connectivity index (χ0v) is 11.9. The molecule has 0 radical (unpaired) electrons. The highest BCUT2D eigenvalue weighted by Crippen LogP contribution is 2.26. The van der Waals surface area contributed by atoms with Crippen LogP contribution in [0.2, 0.25) is 0 Å². The number of fused-ring (bicyclic) bond motifs is 1. The van der Waals surface area contributed by atoms with Crippen LogP contribution in [0.3, 0.4) is 0 Å². The molecule has 1 aliphatic heterocycles. The lowest BCUT2D eigenvalue weighted by molar-refractivity contribution is 0.320. The second-order valence-corrected chi connectivity index (χ2v) is 5.03. The molecule has 3 rings (SSSR count). The topological polar surface area (TPSA) is 31.4 Å². The van der Waals surface area contributed by atoms with Crippen molar-refractivity contribution in [3.63, 3.8) is 0 Å². The molecule has 0 spiro atoms. The van der Waals surface area contributed by atoms with E-state index in [-0.39, 0.29) is 0 Å². The van der Waals surface area contributed by atoms with E-state index in [2.05, 4.69) is 23.2 Å². The number of rotatable bonds is 5. The summed E-state index contributed by atoms with van der Waals surface area (Å²) in [4.78, 5) is 4.20. The molecule has 0 saturated heterocycles. The molecular weight excluding hydrogens is 274 g/mol. The van der Waals surface area contributed by atoms with Crippen molar-refractivity contribution in [3.8, 4) is 11.5 Å². The minimum absolute atomic E-state index is 0.428. The lowest BCUT2D eigenvalue weighted by atomic mass is 10.1. The van der Waals surface area contributed by atoms with Crippen LogP contribution in [-0.2, 0) is 18.7 Å². The maximum absolute atomic E-state index is 5.70. The summed E-state index contributed by atoms with van der Waals surface area (Å²) in [6.07, 6.45) is 3.60. The van der Waals surface area contributed by atoms with Crippen molar-refractivity contribution in [1.82, 2.24) is 4.98 Å². The second-order valence-electron chi connectivity index (χ2n) is 4.76. The van der Waals surface area contributed by atoms with Crippen LogP contribution in [0.4, 0.5) is 0 Å². The molecule has 0 unspecified atom stereocenters. The van der Waals surface area contributed by atoms with Gasteiger partial charge in [0.1, 0.15) is 11.5 Å². The number of benzene rings is 1. The monoisotopic (exact) mass is 289 g/mol. The highest BCUT2D eigenvalue weighted by Gasteiger charge is 2.11. The van der Waals surface area contributed by atoms with Crippen LogP contribution >= 0.6 is 11.6 Å². The fourth-order valence-electron chi connectivity index (χ4n) is 2.26. The van der Waals surface area contributed by atoms with Gasteiger partial charge in [-0.3, -0.25) is 4.98 Å². The van der Waals surface area contributed by atoms with Gasteiger partial charge in [0, 0.05) is 12.8 Å². The second kappa shape index (κ2) is 6.14. The molecule has 3 nitrogen and oxygen atoms in total. The number of pyridine rings is 1. The number of halogens is 1. The van der Waals surface area contributed by atoms with E-state index in [0.29, 0.717) is 12.5 Å². The minimum Gasteiger partial charge on any atom is -0.493 e. The van der Waals surface area contributed by atoms with Crippen molar-refractivity contribution in [3.05, 3.63) is 53.3 Å². The van der Waals surface area contributed by atoms with Gasteiger partial charge in [-0.15, -0.1) is 11.6 Å². The Morgan fingerprint density at radius 3 is 3.00 bits per heavy atom. The van der Waals surface area contributed by atoms with E-state index in [1.807, 2.05) is 12.1 Å². The predicted molar refractivity (Wildman–Crippen MR) is 78.6 cm³/mol. The zero-order valence-electron chi connectivity index (χ0n) is 11.1. The van der Waals surface area contributed by atoms with Gasteiger partial charge in [0.25, 0.3) is 0 Å². The van der Waals surface area contributed by atoms with Crippen molar-refractivity contribution in [2.75, 3.05) is 13.2 Å². The summed E-state index contributed by atoms with van der Waals surface area (Å²) >= 11 is 5.70. The first kappa shape index (κ1) is 13.3. The first-order chi connectivity index (χ1) is 9.85.